The Morgan fingerprint density at radius 3 is 0.538 bits per heavy atom. The standard InChI is InChI=1S/3Fe.8O.2V/q3*+2;;;6*-1;;. The fourth-order valence-corrected chi connectivity index (χ4v) is 0. The van der Waals surface area contributed by atoms with Crippen LogP contribution in [0.3, 0.4) is 0 Å². The van der Waals surface area contributed by atoms with Gasteiger partial charge in [-0.1, -0.05) is 0 Å². The molecule has 0 unspecified atom stereocenters. The molecule has 0 rings (SSSR count). The van der Waals surface area contributed by atoms with Gasteiger partial charge in [-0.15, -0.1) is 0 Å². The molecule has 0 saturated heterocycles. The van der Waals surface area contributed by atoms with Gasteiger partial charge in [0.25, 0.3) is 0 Å². The van der Waals surface area contributed by atoms with Gasteiger partial charge in [-0.2, -0.15) is 0 Å². The fraction of sp³-hybridized carbons (Fsp3) is 0. The van der Waals surface area contributed by atoms with Gasteiger partial charge in [-0.3, -0.25) is 0 Å². The van der Waals surface area contributed by atoms with Crippen LogP contribution >= 0.6 is 0 Å². The number of rotatable bonds is 0. The summed E-state index contributed by atoms with van der Waals surface area (Å²) in [4.78, 5) is 0. The molecule has 0 fully saturated rings. The summed E-state index contributed by atoms with van der Waals surface area (Å²) in [6, 6.07) is 0. The first-order chi connectivity index (χ1) is 4.00. The van der Waals surface area contributed by atoms with E-state index in [4.69, 9.17) is 31.5 Å². The van der Waals surface area contributed by atoms with E-state index in [1.807, 2.05) is 0 Å². The third kappa shape index (κ3) is 472. The Balaban J connectivity index is -0.0000000267. The van der Waals surface area contributed by atoms with Crippen molar-refractivity contribution in [3.8, 4) is 0 Å². The van der Waals surface area contributed by atoms with Gasteiger partial charge in [0.1, 0.15) is 0 Å². The minimum absolute atomic E-state index is 0. The van der Waals surface area contributed by atoms with E-state index in [1.54, 1.807) is 0 Å². The van der Waals surface area contributed by atoms with Crippen molar-refractivity contribution in [2.75, 3.05) is 0 Å². The van der Waals surface area contributed by atoms with Gasteiger partial charge in [0.15, 0.2) is 0 Å². The van der Waals surface area contributed by atoms with Crippen LogP contribution in [0.15, 0.2) is 0 Å². The second-order valence-corrected chi connectivity index (χ2v) is 3.69. The molecule has 0 aliphatic carbocycles. The van der Waals surface area contributed by atoms with E-state index in [9.17, 15) is 0 Å². The van der Waals surface area contributed by atoms with Crippen LogP contribution in [0.5, 0.6) is 0 Å². The second-order valence-electron chi connectivity index (χ2n) is 0.894. The molecule has 13 heteroatoms. The van der Waals surface area contributed by atoms with Crippen molar-refractivity contribution in [2.24, 2.45) is 0 Å². The van der Waals surface area contributed by atoms with Crippen molar-refractivity contribution in [3.05, 3.63) is 0 Å². The van der Waals surface area contributed by atoms with Crippen molar-refractivity contribution in [3.63, 3.8) is 0 Å². The molecule has 8 nitrogen and oxygen atoms in total. The van der Waals surface area contributed by atoms with Crippen LogP contribution in [-0.4, -0.2) is 0 Å². The molecule has 82 valence electrons. The van der Waals surface area contributed by atoms with E-state index < -0.39 is 30.0 Å². The molecule has 0 radical (unpaired) electrons. The van der Waals surface area contributed by atoms with E-state index in [-0.39, 0.29) is 51.2 Å². The molecule has 0 saturated carbocycles. The summed E-state index contributed by atoms with van der Waals surface area (Å²) in [6.07, 6.45) is 0. The summed E-state index contributed by atoms with van der Waals surface area (Å²) in [5.41, 5.74) is 0. The van der Waals surface area contributed by atoms with Crippen molar-refractivity contribution < 1.29 is 113 Å². The Morgan fingerprint density at radius 2 is 0.538 bits per heavy atom. The van der Waals surface area contributed by atoms with Crippen LogP contribution < -0.4 is 24.2 Å². The minimum atomic E-state index is -5.88. The molecule has 0 aromatic carbocycles. The topological polar surface area (TPSA) is 172 Å². The van der Waals surface area contributed by atoms with Crippen molar-refractivity contribution in [1.82, 2.24) is 0 Å². The van der Waals surface area contributed by atoms with Crippen molar-refractivity contribution in [1.29, 1.82) is 0 Å². The van der Waals surface area contributed by atoms with E-state index >= 15 is 0 Å². The van der Waals surface area contributed by atoms with Gasteiger partial charge in [0.2, 0.25) is 0 Å². The van der Waals surface area contributed by atoms with Gasteiger partial charge in [-0.05, 0) is 0 Å². The molecule has 13 heavy (non-hydrogen) atoms. The molecule has 0 aromatic heterocycles. The maximum absolute atomic E-state index is 8.61. The van der Waals surface area contributed by atoms with Gasteiger partial charge in [0.05, 0.1) is 0 Å². The molecule has 0 aliphatic rings. The van der Waals surface area contributed by atoms with E-state index in [2.05, 4.69) is 0 Å². The first-order valence-corrected chi connectivity index (χ1v) is 6.02. The Bertz CT molecular complexity index is 130. The molecular formula is Fe3O8V2. The first kappa shape index (κ1) is 29.4. The average Bonchev–Trinajstić information content (AvgIpc) is 1.12. The van der Waals surface area contributed by atoms with Crippen LogP contribution in [0.4, 0.5) is 0 Å². The van der Waals surface area contributed by atoms with Crippen LogP contribution in [0.25, 0.3) is 0 Å². The normalized spacial score (nSPS) is 9.08. The zero-order chi connectivity index (χ0) is 9.00. The van der Waals surface area contributed by atoms with Crippen molar-refractivity contribution in [2.45, 2.75) is 0 Å². The van der Waals surface area contributed by atoms with E-state index in [0.29, 0.717) is 0 Å². The summed E-state index contributed by atoms with van der Waals surface area (Å²) in [5.74, 6) is 0. The number of hydrogen-bond acceptors (Lipinski definition) is 8. The monoisotopic (exact) mass is 398 g/mol. The van der Waals surface area contributed by atoms with Gasteiger partial charge in [-0.25, -0.2) is 0 Å². The molecule has 0 bridgehead atoms. The Hall–Kier alpha value is 2.09. The van der Waals surface area contributed by atoms with Gasteiger partial charge in [0, 0.05) is 0 Å². The number of hydrogen-bond donors (Lipinski definition) is 0. The zero-order valence-electron chi connectivity index (χ0n) is 5.22. The second kappa shape index (κ2) is 12.2. The first-order valence-electron chi connectivity index (χ1n) is 1.46. The summed E-state index contributed by atoms with van der Waals surface area (Å²) < 4.78 is 68.9. The Kier molecular flexibility index (Phi) is 27.5. The molecular weight excluding hydrogens is 397 g/mol. The predicted molar refractivity (Wildman–Crippen MR) is 1.37 cm³/mol. The summed E-state index contributed by atoms with van der Waals surface area (Å²) >= 11 is -11.8. The Labute approximate surface area is 112 Å². The summed E-state index contributed by atoms with van der Waals surface area (Å²) in [6.45, 7) is 0. The SMILES string of the molecule is [Fe+2].[Fe+2].[Fe+2].[O]=[V]([O-])([O-])[O-].[O]=[V]([O-])([O-])[O-]. The molecule has 0 heterocycles. The van der Waals surface area contributed by atoms with Crippen molar-refractivity contribution >= 4 is 0 Å². The summed E-state index contributed by atoms with van der Waals surface area (Å²) in [7, 11) is 0. The molecule has 0 spiro atoms. The predicted octanol–water partition coefficient (Wildman–Crippen LogP) is -7.38. The third-order valence-corrected chi connectivity index (χ3v) is 0. The fourth-order valence-electron chi connectivity index (χ4n) is 0. The molecule has 0 amide bonds. The van der Waals surface area contributed by atoms with Crippen LogP contribution in [0, 0.1) is 0 Å². The maximum atomic E-state index is 8.61. The quantitative estimate of drug-likeness (QED) is 0.362. The van der Waals surface area contributed by atoms with E-state index in [0.717, 1.165) is 0 Å². The summed E-state index contributed by atoms with van der Waals surface area (Å²) in [5, 5.41) is 0. The molecule has 0 atom stereocenters. The Morgan fingerprint density at radius 1 is 0.538 bits per heavy atom. The van der Waals surface area contributed by atoms with Crippen LogP contribution in [0.2, 0.25) is 0 Å². The third-order valence-electron chi connectivity index (χ3n) is 0. The van der Waals surface area contributed by atoms with E-state index in [1.165, 1.54) is 0 Å². The molecule has 0 N–H and O–H groups in total. The molecule has 0 aromatic rings. The zero-order valence-corrected chi connectivity index (χ0v) is 11.3. The van der Waals surface area contributed by atoms with Gasteiger partial charge >= 0.3 is 113 Å². The van der Waals surface area contributed by atoms with Gasteiger partial charge < -0.3 is 0 Å². The average molecular weight is 397 g/mol. The molecule has 0 aliphatic heterocycles. The van der Waals surface area contributed by atoms with Crippen LogP contribution in [-0.2, 0) is 88.6 Å². The van der Waals surface area contributed by atoms with Crippen LogP contribution in [0.1, 0.15) is 0 Å².